The van der Waals surface area contributed by atoms with Crippen molar-refractivity contribution in [1.29, 1.82) is 0 Å². The molecule has 4 amide bonds. The first-order valence-electron chi connectivity index (χ1n) is 15.2. The number of ether oxygens (including phenoxy) is 4. The predicted octanol–water partition coefficient (Wildman–Crippen LogP) is 5.63. The number of amides is 4. The Balaban J connectivity index is 1.47. The normalized spacial score (nSPS) is 22.5. The smallest absolute Gasteiger partial charge is 0.325 e. The molecule has 0 radical (unpaired) electrons. The maximum Gasteiger partial charge on any atom is 0.325 e. The van der Waals surface area contributed by atoms with Crippen LogP contribution in [0.1, 0.15) is 33.4 Å². The number of methoxy groups -OCH3 is 4. The molecule has 0 N–H and O–H groups in total. The van der Waals surface area contributed by atoms with Crippen molar-refractivity contribution in [3.8, 4) is 23.0 Å². The van der Waals surface area contributed by atoms with Gasteiger partial charge in [0.05, 0.1) is 54.6 Å². The van der Waals surface area contributed by atoms with Gasteiger partial charge in [0.15, 0.2) is 34.3 Å². The van der Waals surface area contributed by atoms with E-state index in [9.17, 15) is 0 Å². The Morgan fingerprint density at radius 3 is 0.957 bits per heavy atom. The lowest BCUT2D eigenvalue weighted by Gasteiger charge is -2.49. The summed E-state index contributed by atoms with van der Waals surface area (Å²) in [7, 11) is 6.40. The van der Waals surface area contributed by atoms with Gasteiger partial charge in [0.2, 0.25) is 0 Å². The van der Waals surface area contributed by atoms with E-state index >= 15 is 9.59 Å². The van der Waals surface area contributed by atoms with Gasteiger partial charge in [-0.2, -0.15) is 0 Å². The number of fused-ring (bicyclic) bond motifs is 2. The van der Waals surface area contributed by atoms with E-state index in [4.69, 9.17) is 18.9 Å². The van der Waals surface area contributed by atoms with Crippen molar-refractivity contribution in [2.75, 3.05) is 28.4 Å². The number of hydrogen-bond donors (Lipinski definition) is 0. The zero-order valence-electron chi connectivity index (χ0n) is 26.1. The van der Waals surface area contributed by atoms with Gasteiger partial charge in [0.25, 0.3) is 0 Å². The Bertz CT molecular complexity index is 1660. The number of carbonyl (C=O) groups excluding carboxylic acids is 2. The Kier molecular flexibility index (Phi) is 6.15. The van der Waals surface area contributed by atoms with E-state index in [1.54, 1.807) is 28.4 Å². The van der Waals surface area contributed by atoms with E-state index in [2.05, 4.69) is 0 Å². The van der Waals surface area contributed by atoms with Crippen LogP contribution in [0.5, 0.6) is 23.0 Å². The molecule has 0 bridgehead atoms. The SMILES string of the molecule is COc1cc2c(cc1OC)CN1C(=O)N3Cc4cc(OC)c(OC)cc4CN4C(=O)N(C2)C1(c1ccccc1)C43c1ccccc1. The number of hydrogen-bond acceptors (Lipinski definition) is 6. The molecule has 0 spiro atoms. The Labute approximate surface area is 267 Å². The first-order valence-corrected chi connectivity index (χ1v) is 15.2. The molecule has 2 saturated heterocycles. The fraction of sp³-hybridized carbons (Fsp3) is 0.278. The highest BCUT2D eigenvalue weighted by atomic mass is 16.5. The van der Waals surface area contributed by atoms with Crippen molar-refractivity contribution in [1.82, 2.24) is 19.6 Å². The summed E-state index contributed by atoms with van der Waals surface area (Å²) in [5, 5.41) is 0. The lowest BCUT2D eigenvalue weighted by Crippen LogP contribution is -2.62. The molecule has 8 rings (SSSR count). The predicted molar refractivity (Wildman–Crippen MR) is 168 cm³/mol. The molecule has 46 heavy (non-hydrogen) atoms. The van der Waals surface area contributed by atoms with E-state index < -0.39 is 11.3 Å². The summed E-state index contributed by atoms with van der Waals surface area (Å²) in [6.45, 7) is 1.02. The van der Waals surface area contributed by atoms with E-state index in [0.29, 0.717) is 23.0 Å². The molecule has 2 fully saturated rings. The summed E-state index contributed by atoms with van der Waals surface area (Å²) in [6.07, 6.45) is 0. The van der Waals surface area contributed by atoms with Crippen LogP contribution in [0.3, 0.4) is 0 Å². The minimum Gasteiger partial charge on any atom is -0.493 e. The van der Waals surface area contributed by atoms with Crippen LogP contribution in [0.4, 0.5) is 9.59 Å². The fourth-order valence-corrected chi connectivity index (χ4v) is 8.18. The van der Waals surface area contributed by atoms with Gasteiger partial charge in [-0.05, 0) is 46.5 Å². The molecule has 10 nitrogen and oxygen atoms in total. The van der Waals surface area contributed by atoms with Crippen molar-refractivity contribution in [2.45, 2.75) is 37.5 Å². The number of carbonyl (C=O) groups is 2. The molecule has 10 heteroatoms. The van der Waals surface area contributed by atoms with Crippen LogP contribution in [0, 0.1) is 0 Å². The first-order chi connectivity index (χ1) is 22.4. The summed E-state index contributed by atoms with van der Waals surface area (Å²) in [5.74, 6) is 2.27. The van der Waals surface area contributed by atoms with E-state index in [1.807, 2.05) is 105 Å². The van der Waals surface area contributed by atoms with Crippen molar-refractivity contribution in [3.05, 3.63) is 118 Å². The van der Waals surface area contributed by atoms with Crippen LogP contribution < -0.4 is 18.9 Å². The van der Waals surface area contributed by atoms with E-state index in [1.165, 1.54) is 0 Å². The van der Waals surface area contributed by atoms with Crippen LogP contribution >= 0.6 is 0 Å². The summed E-state index contributed by atoms with van der Waals surface area (Å²) >= 11 is 0. The van der Waals surface area contributed by atoms with Crippen LogP contribution in [-0.4, -0.2) is 60.1 Å². The standard InChI is InChI=1S/C36H34N4O6/c1-43-29-15-23-19-37-33(41)39-21-25-17-31(45-3)32(46-4)18-26(25)22-40-34(42)38(20-24(23)16-30(29)44-2)35(37,27-11-7-5-8-12-27)36(39,40)28-13-9-6-10-14-28/h5-18H,19-22H2,1-4H3. The Hall–Kier alpha value is -5.38. The highest BCUT2D eigenvalue weighted by Crippen LogP contribution is 2.65. The maximum atomic E-state index is 15.3. The zero-order chi connectivity index (χ0) is 31.8. The first kappa shape index (κ1) is 28.1. The number of urea groups is 2. The summed E-state index contributed by atoms with van der Waals surface area (Å²) in [4.78, 5) is 38.1. The molecule has 4 aromatic carbocycles. The monoisotopic (exact) mass is 618 g/mol. The number of nitrogens with zero attached hydrogens (tertiary/aromatic N) is 4. The second kappa shape index (κ2) is 10.1. The van der Waals surface area contributed by atoms with E-state index in [0.717, 1.165) is 33.4 Å². The largest absolute Gasteiger partial charge is 0.493 e. The van der Waals surface area contributed by atoms with E-state index in [-0.39, 0.29) is 38.2 Å². The second-order valence-electron chi connectivity index (χ2n) is 11.9. The minimum atomic E-state index is -1.24. The van der Waals surface area contributed by atoms with Gasteiger partial charge < -0.3 is 18.9 Å². The average molecular weight is 619 g/mol. The zero-order valence-corrected chi connectivity index (χ0v) is 26.1. The van der Waals surface area contributed by atoms with Gasteiger partial charge in [0, 0.05) is 11.1 Å². The van der Waals surface area contributed by atoms with Crippen molar-refractivity contribution < 1.29 is 28.5 Å². The third-order valence-electron chi connectivity index (χ3n) is 10.1. The summed E-state index contributed by atoms with van der Waals surface area (Å²) < 4.78 is 22.7. The third-order valence-corrected chi connectivity index (χ3v) is 10.1. The molecular formula is C36H34N4O6. The highest BCUT2D eigenvalue weighted by Gasteiger charge is 2.80. The molecule has 0 atom stereocenters. The number of benzene rings is 4. The molecule has 0 aliphatic carbocycles. The molecule has 4 heterocycles. The maximum absolute atomic E-state index is 15.3. The van der Waals surface area contributed by atoms with Gasteiger partial charge in [-0.25, -0.2) is 9.59 Å². The quantitative estimate of drug-likeness (QED) is 0.279. The molecule has 4 aromatic rings. The Morgan fingerprint density at radius 2 is 0.717 bits per heavy atom. The van der Waals surface area contributed by atoms with Crippen LogP contribution in [0.2, 0.25) is 0 Å². The fourth-order valence-electron chi connectivity index (χ4n) is 8.18. The van der Waals surface area contributed by atoms with Crippen LogP contribution in [0.15, 0.2) is 84.9 Å². The molecule has 234 valence electrons. The van der Waals surface area contributed by atoms with Gasteiger partial charge in [-0.15, -0.1) is 0 Å². The van der Waals surface area contributed by atoms with Gasteiger partial charge in [-0.1, -0.05) is 60.7 Å². The van der Waals surface area contributed by atoms with Crippen molar-refractivity contribution in [3.63, 3.8) is 0 Å². The minimum absolute atomic E-state index is 0.180. The van der Waals surface area contributed by atoms with Crippen molar-refractivity contribution >= 4 is 12.1 Å². The summed E-state index contributed by atoms with van der Waals surface area (Å²) in [5.41, 5.74) is 2.78. The molecule has 0 saturated carbocycles. The van der Waals surface area contributed by atoms with Crippen molar-refractivity contribution in [2.24, 2.45) is 0 Å². The molecule has 0 unspecified atom stereocenters. The van der Waals surface area contributed by atoms with Gasteiger partial charge in [0.1, 0.15) is 0 Å². The molecular weight excluding hydrogens is 584 g/mol. The second-order valence-corrected chi connectivity index (χ2v) is 11.9. The highest BCUT2D eigenvalue weighted by molar-refractivity contribution is 5.90. The molecule has 0 aromatic heterocycles. The molecule has 4 aliphatic rings. The third kappa shape index (κ3) is 3.36. The lowest BCUT2D eigenvalue weighted by molar-refractivity contribution is -0.0793. The van der Waals surface area contributed by atoms with Crippen LogP contribution in [-0.2, 0) is 37.5 Å². The summed E-state index contributed by atoms with van der Waals surface area (Å²) in [6, 6.07) is 27.2. The Morgan fingerprint density at radius 1 is 0.457 bits per heavy atom. The van der Waals surface area contributed by atoms with Gasteiger partial charge >= 0.3 is 12.1 Å². The topological polar surface area (TPSA) is 84.0 Å². The van der Waals surface area contributed by atoms with Crippen LogP contribution in [0.25, 0.3) is 0 Å². The lowest BCUT2D eigenvalue weighted by atomic mass is 9.79. The average Bonchev–Trinajstić information content (AvgIpc) is 3.26. The molecule has 4 aliphatic heterocycles. The van der Waals surface area contributed by atoms with Gasteiger partial charge in [-0.3, -0.25) is 19.6 Å². The number of rotatable bonds is 6.